The molecule has 0 spiro atoms. The summed E-state index contributed by atoms with van der Waals surface area (Å²) in [4.78, 5) is 8.58. The second-order valence-electron chi connectivity index (χ2n) is 4.84. The fraction of sp³-hybridized carbons (Fsp3) is 0.0667. The second kappa shape index (κ2) is 5.27. The van der Waals surface area contributed by atoms with Crippen LogP contribution in [0.1, 0.15) is 0 Å². The summed E-state index contributed by atoms with van der Waals surface area (Å²) in [5, 5.41) is 13.5. The number of pyridine rings is 2. The number of benzene rings is 1. The van der Waals surface area contributed by atoms with E-state index in [9.17, 15) is 13.5 Å². The second-order valence-corrected chi connectivity index (χ2v) is 6.85. The lowest BCUT2D eigenvalue weighted by atomic mass is 10.2. The maximum absolute atomic E-state index is 11.4. The first-order valence-electron chi connectivity index (χ1n) is 6.44. The van der Waals surface area contributed by atoms with Crippen molar-refractivity contribution in [3.05, 3.63) is 48.8 Å². The number of aromatic nitrogens is 2. The van der Waals surface area contributed by atoms with Crippen molar-refractivity contribution in [3.8, 4) is 5.75 Å². The molecule has 0 aliphatic carbocycles. The van der Waals surface area contributed by atoms with Gasteiger partial charge in [0, 0.05) is 23.5 Å². The predicted molar refractivity (Wildman–Crippen MR) is 84.0 cm³/mol. The van der Waals surface area contributed by atoms with Crippen LogP contribution >= 0.6 is 0 Å². The molecule has 2 N–H and O–H groups in total. The lowest BCUT2D eigenvalue weighted by Gasteiger charge is -2.08. The number of aromatic hydroxyl groups is 1. The summed E-state index contributed by atoms with van der Waals surface area (Å²) in [5.74, 6) is 0.658. The highest BCUT2D eigenvalue weighted by Gasteiger charge is 2.07. The Labute approximate surface area is 127 Å². The standard InChI is InChI=1S/C15H13N3O3S/c1-22(20,21)11-4-2-10(3-5-11)18-15-8-12-13(9-17-15)16-7-6-14(12)19/h2-9H,1H3,(H,16,19)(H,17,18). The van der Waals surface area contributed by atoms with Crippen LogP contribution in [0.3, 0.4) is 0 Å². The molecule has 7 heteroatoms. The van der Waals surface area contributed by atoms with E-state index in [0.717, 1.165) is 6.26 Å². The molecule has 0 radical (unpaired) electrons. The normalized spacial score (nSPS) is 11.5. The van der Waals surface area contributed by atoms with Crippen LogP contribution in [0.2, 0.25) is 0 Å². The quantitative estimate of drug-likeness (QED) is 0.771. The van der Waals surface area contributed by atoms with Gasteiger partial charge in [-0.15, -0.1) is 0 Å². The van der Waals surface area contributed by atoms with Gasteiger partial charge in [-0.05, 0) is 36.4 Å². The summed E-state index contributed by atoms with van der Waals surface area (Å²) in [7, 11) is -3.21. The van der Waals surface area contributed by atoms with E-state index in [1.165, 1.54) is 24.4 Å². The van der Waals surface area contributed by atoms with Gasteiger partial charge in [-0.3, -0.25) is 4.98 Å². The number of hydrogen-bond acceptors (Lipinski definition) is 6. The topological polar surface area (TPSA) is 92.2 Å². The molecule has 22 heavy (non-hydrogen) atoms. The Bertz CT molecular complexity index is 938. The van der Waals surface area contributed by atoms with Gasteiger partial charge in [0.05, 0.1) is 16.6 Å². The van der Waals surface area contributed by atoms with E-state index < -0.39 is 9.84 Å². The predicted octanol–water partition coefficient (Wildman–Crippen LogP) is 2.48. The average molecular weight is 315 g/mol. The minimum absolute atomic E-state index is 0.128. The third-order valence-corrected chi connectivity index (χ3v) is 4.29. The van der Waals surface area contributed by atoms with Crippen LogP contribution in [0.15, 0.2) is 53.7 Å². The Balaban J connectivity index is 1.91. The molecule has 0 fully saturated rings. The Morgan fingerprint density at radius 3 is 2.50 bits per heavy atom. The molecule has 0 amide bonds. The first-order chi connectivity index (χ1) is 10.4. The Hall–Kier alpha value is -2.67. The summed E-state index contributed by atoms with van der Waals surface area (Å²) in [5.41, 5.74) is 1.29. The summed E-state index contributed by atoms with van der Waals surface area (Å²) in [6.07, 6.45) is 4.23. The fourth-order valence-corrected chi connectivity index (χ4v) is 2.67. The van der Waals surface area contributed by atoms with Crippen molar-refractivity contribution in [2.24, 2.45) is 0 Å². The maximum Gasteiger partial charge on any atom is 0.175 e. The summed E-state index contributed by atoms with van der Waals surface area (Å²) in [6, 6.07) is 9.56. The maximum atomic E-state index is 11.4. The van der Waals surface area contributed by atoms with Crippen LogP contribution in [-0.2, 0) is 9.84 Å². The molecule has 3 rings (SSSR count). The van der Waals surface area contributed by atoms with Crippen LogP contribution in [0.25, 0.3) is 10.9 Å². The van der Waals surface area contributed by atoms with E-state index in [4.69, 9.17) is 0 Å². The first-order valence-corrected chi connectivity index (χ1v) is 8.33. The third kappa shape index (κ3) is 2.84. The summed E-state index contributed by atoms with van der Waals surface area (Å²) < 4.78 is 22.8. The van der Waals surface area contributed by atoms with Crippen LogP contribution < -0.4 is 5.32 Å². The van der Waals surface area contributed by atoms with Crippen molar-refractivity contribution in [2.45, 2.75) is 4.90 Å². The lowest BCUT2D eigenvalue weighted by molar-refractivity contribution is 0.481. The Morgan fingerprint density at radius 2 is 1.82 bits per heavy atom. The van der Waals surface area contributed by atoms with Crippen LogP contribution in [0.5, 0.6) is 5.75 Å². The van der Waals surface area contributed by atoms with Crippen molar-refractivity contribution in [1.82, 2.24) is 9.97 Å². The molecule has 6 nitrogen and oxygen atoms in total. The first kappa shape index (κ1) is 14.3. The van der Waals surface area contributed by atoms with E-state index in [-0.39, 0.29) is 10.6 Å². The van der Waals surface area contributed by atoms with E-state index in [1.54, 1.807) is 24.4 Å². The zero-order valence-electron chi connectivity index (χ0n) is 11.7. The Morgan fingerprint density at radius 1 is 1.09 bits per heavy atom. The molecule has 0 saturated carbocycles. The molecule has 2 aromatic heterocycles. The van der Waals surface area contributed by atoms with Crippen molar-refractivity contribution in [2.75, 3.05) is 11.6 Å². The number of fused-ring (bicyclic) bond motifs is 1. The highest BCUT2D eigenvalue weighted by atomic mass is 32.2. The number of anilines is 2. The van der Waals surface area contributed by atoms with E-state index in [0.29, 0.717) is 22.4 Å². The van der Waals surface area contributed by atoms with Gasteiger partial charge in [0.15, 0.2) is 9.84 Å². The molecule has 2 heterocycles. The van der Waals surface area contributed by atoms with Crippen molar-refractivity contribution in [1.29, 1.82) is 0 Å². The van der Waals surface area contributed by atoms with Crippen LogP contribution in [0, 0.1) is 0 Å². The van der Waals surface area contributed by atoms with Crippen molar-refractivity contribution >= 4 is 32.2 Å². The minimum Gasteiger partial charge on any atom is -0.507 e. The van der Waals surface area contributed by atoms with Gasteiger partial charge in [0.2, 0.25) is 0 Å². The van der Waals surface area contributed by atoms with Gasteiger partial charge in [-0.2, -0.15) is 0 Å². The summed E-state index contributed by atoms with van der Waals surface area (Å²) >= 11 is 0. The largest absolute Gasteiger partial charge is 0.507 e. The van der Waals surface area contributed by atoms with Gasteiger partial charge in [0.1, 0.15) is 11.6 Å². The summed E-state index contributed by atoms with van der Waals surface area (Å²) in [6.45, 7) is 0. The van der Waals surface area contributed by atoms with Gasteiger partial charge >= 0.3 is 0 Å². The number of hydrogen-bond donors (Lipinski definition) is 2. The van der Waals surface area contributed by atoms with Gasteiger partial charge in [-0.25, -0.2) is 13.4 Å². The highest BCUT2D eigenvalue weighted by molar-refractivity contribution is 7.90. The fourth-order valence-electron chi connectivity index (χ4n) is 2.04. The number of nitrogens with one attached hydrogen (secondary N) is 1. The van der Waals surface area contributed by atoms with Gasteiger partial charge in [-0.1, -0.05) is 0 Å². The molecule has 3 aromatic rings. The monoisotopic (exact) mass is 315 g/mol. The molecule has 1 aromatic carbocycles. The third-order valence-electron chi connectivity index (χ3n) is 3.16. The van der Waals surface area contributed by atoms with Gasteiger partial charge in [0.25, 0.3) is 0 Å². The SMILES string of the molecule is CS(=O)(=O)c1ccc(Nc2cc3c(O)ccnc3cn2)cc1. The van der Waals surface area contributed by atoms with E-state index >= 15 is 0 Å². The molecule has 0 unspecified atom stereocenters. The molecule has 112 valence electrons. The number of sulfone groups is 1. The molecule has 0 aliphatic heterocycles. The molecule has 0 aliphatic rings. The van der Waals surface area contributed by atoms with Crippen LogP contribution in [-0.4, -0.2) is 29.7 Å². The van der Waals surface area contributed by atoms with E-state index in [1.807, 2.05) is 0 Å². The number of rotatable bonds is 3. The lowest BCUT2D eigenvalue weighted by Crippen LogP contribution is -1.98. The highest BCUT2D eigenvalue weighted by Crippen LogP contribution is 2.25. The van der Waals surface area contributed by atoms with Gasteiger partial charge < -0.3 is 10.4 Å². The molecule has 0 atom stereocenters. The van der Waals surface area contributed by atoms with Crippen LogP contribution in [0.4, 0.5) is 11.5 Å². The van der Waals surface area contributed by atoms with Crippen molar-refractivity contribution < 1.29 is 13.5 Å². The average Bonchev–Trinajstić information content (AvgIpc) is 2.48. The zero-order valence-corrected chi connectivity index (χ0v) is 12.5. The molecular formula is C15H13N3O3S. The molecular weight excluding hydrogens is 302 g/mol. The smallest absolute Gasteiger partial charge is 0.175 e. The van der Waals surface area contributed by atoms with Crippen molar-refractivity contribution in [3.63, 3.8) is 0 Å². The zero-order chi connectivity index (χ0) is 15.7. The molecule has 0 bridgehead atoms. The van der Waals surface area contributed by atoms with E-state index in [2.05, 4.69) is 15.3 Å². The minimum atomic E-state index is -3.21. The molecule has 0 saturated heterocycles. The Kier molecular flexibility index (Phi) is 3.42. The number of nitrogens with zero attached hydrogens (tertiary/aromatic N) is 2.